The molecular formula is C12H12O3. The van der Waals surface area contributed by atoms with Crippen molar-refractivity contribution in [1.82, 2.24) is 0 Å². The van der Waals surface area contributed by atoms with E-state index in [4.69, 9.17) is 9.84 Å². The van der Waals surface area contributed by atoms with Crippen LogP contribution in [0.25, 0.3) is 0 Å². The number of aliphatic hydroxyl groups is 2. The maximum absolute atomic E-state index is 9.38. The van der Waals surface area contributed by atoms with Gasteiger partial charge in [-0.05, 0) is 17.7 Å². The molecule has 1 aliphatic carbocycles. The maximum Gasteiger partial charge on any atom is 0.167 e. The van der Waals surface area contributed by atoms with Crippen LogP contribution in [-0.2, 0) is 11.3 Å². The normalized spacial score (nSPS) is 19.9. The second-order valence-corrected chi connectivity index (χ2v) is 3.35. The Bertz CT molecular complexity index is 393. The van der Waals surface area contributed by atoms with Crippen molar-refractivity contribution in [2.45, 2.75) is 12.7 Å². The predicted molar refractivity (Wildman–Crippen MR) is 56.4 cm³/mol. The van der Waals surface area contributed by atoms with Crippen LogP contribution in [0.4, 0.5) is 0 Å². The van der Waals surface area contributed by atoms with Crippen LogP contribution in [0, 0.1) is 0 Å². The number of ether oxygens (including phenoxy) is 1. The summed E-state index contributed by atoms with van der Waals surface area (Å²) in [7, 11) is 0. The van der Waals surface area contributed by atoms with Crippen molar-refractivity contribution in [2.24, 2.45) is 0 Å². The fraction of sp³-hybridized carbons (Fsp3) is 0.167. The predicted octanol–water partition coefficient (Wildman–Crippen LogP) is 2.47. The second kappa shape index (κ2) is 4.19. The van der Waals surface area contributed by atoms with Crippen LogP contribution in [0.5, 0.6) is 0 Å². The van der Waals surface area contributed by atoms with E-state index in [2.05, 4.69) is 0 Å². The van der Waals surface area contributed by atoms with E-state index in [1.807, 2.05) is 30.3 Å². The van der Waals surface area contributed by atoms with Gasteiger partial charge in [0.25, 0.3) is 0 Å². The lowest BCUT2D eigenvalue weighted by Crippen LogP contribution is -2.11. The zero-order valence-corrected chi connectivity index (χ0v) is 8.13. The molecule has 78 valence electrons. The molecule has 3 heteroatoms. The second-order valence-electron chi connectivity index (χ2n) is 3.35. The van der Waals surface area contributed by atoms with E-state index < -0.39 is 6.10 Å². The molecule has 0 amide bonds. The molecule has 1 aromatic rings. The number of benzene rings is 1. The van der Waals surface area contributed by atoms with Crippen molar-refractivity contribution in [3.63, 3.8) is 0 Å². The largest absolute Gasteiger partial charge is 0.506 e. The molecule has 0 aromatic heterocycles. The van der Waals surface area contributed by atoms with Crippen LogP contribution in [0.3, 0.4) is 0 Å². The average molecular weight is 204 g/mol. The summed E-state index contributed by atoms with van der Waals surface area (Å²) in [4.78, 5) is 0. The van der Waals surface area contributed by atoms with Crippen molar-refractivity contribution >= 4 is 0 Å². The van der Waals surface area contributed by atoms with E-state index in [0.717, 1.165) is 5.56 Å². The summed E-state index contributed by atoms with van der Waals surface area (Å²) < 4.78 is 5.42. The Balaban J connectivity index is 1.93. The number of hydrogen-bond acceptors (Lipinski definition) is 3. The first kappa shape index (κ1) is 9.80. The van der Waals surface area contributed by atoms with Gasteiger partial charge >= 0.3 is 0 Å². The zero-order chi connectivity index (χ0) is 10.7. The molecule has 2 rings (SSSR count). The van der Waals surface area contributed by atoms with Crippen molar-refractivity contribution in [1.29, 1.82) is 0 Å². The highest BCUT2D eigenvalue weighted by Crippen LogP contribution is 2.18. The first-order valence-electron chi connectivity index (χ1n) is 4.73. The van der Waals surface area contributed by atoms with E-state index in [0.29, 0.717) is 6.61 Å². The molecule has 15 heavy (non-hydrogen) atoms. The number of hydrogen-bond donors (Lipinski definition) is 2. The van der Waals surface area contributed by atoms with Gasteiger partial charge in [-0.1, -0.05) is 30.3 Å². The van der Waals surface area contributed by atoms with Gasteiger partial charge in [0.2, 0.25) is 0 Å². The van der Waals surface area contributed by atoms with Crippen molar-refractivity contribution in [3.8, 4) is 0 Å². The summed E-state index contributed by atoms with van der Waals surface area (Å²) in [6, 6.07) is 9.67. The Morgan fingerprint density at radius 3 is 2.47 bits per heavy atom. The third kappa shape index (κ3) is 2.19. The summed E-state index contributed by atoms with van der Waals surface area (Å²) in [5, 5.41) is 18.5. The molecule has 0 heterocycles. The molecular weight excluding hydrogens is 192 g/mol. The van der Waals surface area contributed by atoms with Gasteiger partial charge in [-0.3, -0.25) is 0 Å². The van der Waals surface area contributed by atoms with Crippen molar-refractivity contribution in [3.05, 3.63) is 59.6 Å². The van der Waals surface area contributed by atoms with E-state index >= 15 is 0 Å². The molecule has 0 saturated heterocycles. The lowest BCUT2D eigenvalue weighted by atomic mass is 10.2. The van der Waals surface area contributed by atoms with Gasteiger partial charge in [-0.2, -0.15) is 0 Å². The van der Waals surface area contributed by atoms with E-state index in [9.17, 15) is 5.11 Å². The molecule has 1 unspecified atom stereocenters. The summed E-state index contributed by atoms with van der Waals surface area (Å²) in [6.07, 6.45) is 2.53. The fourth-order valence-electron chi connectivity index (χ4n) is 1.40. The van der Waals surface area contributed by atoms with E-state index in [1.165, 1.54) is 6.08 Å². The summed E-state index contributed by atoms with van der Waals surface area (Å²) in [5.74, 6) is -0.237. The lowest BCUT2D eigenvalue weighted by Gasteiger charge is -2.10. The van der Waals surface area contributed by atoms with Gasteiger partial charge in [0.05, 0.1) is 6.61 Å². The van der Waals surface area contributed by atoms with E-state index in [-0.39, 0.29) is 11.5 Å². The SMILES string of the molecule is OC1=C(O)C(OCc2ccccc2)C=C1. The molecule has 0 fully saturated rings. The minimum Gasteiger partial charge on any atom is -0.506 e. The molecule has 1 aliphatic rings. The summed E-state index contributed by atoms with van der Waals surface area (Å²) in [6.45, 7) is 0.410. The molecule has 1 atom stereocenters. The molecule has 0 bridgehead atoms. The van der Waals surface area contributed by atoms with Crippen LogP contribution < -0.4 is 0 Å². The highest BCUT2D eigenvalue weighted by molar-refractivity contribution is 5.29. The fourth-order valence-corrected chi connectivity index (χ4v) is 1.40. The Hall–Kier alpha value is -1.74. The van der Waals surface area contributed by atoms with Crippen molar-refractivity contribution < 1.29 is 14.9 Å². The minimum atomic E-state index is -0.523. The van der Waals surface area contributed by atoms with E-state index in [1.54, 1.807) is 6.08 Å². The first-order chi connectivity index (χ1) is 7.27. The third-order valence-corrected chi connectivity index (χ3v) is 2.23. The average Bonchev–Trinajstić information content (AvgIpc) is 2.59. The molecule has 0 saturated carbocycles. The first-order valence-corrected chi connectivity index (χ1v) is 4.73. The summed E-state index contributed by atoms with van der Waals surface area (Å²) >= 11 is 0. The highest BCUT2D eigenvalue weighted by Gasteiger charge is 2.19. The van der Waals surface area contributed by atoms with Gasteiger partial charge in [-0.25, -0.2) is 0 Å². The smallest absolute Gasteiger partial charge is 0.167 e. The van der Waals surface area contributed by atoms with Crippen LogP contribution in [-0.4, -0.2) is 16.3 Å². The topological polar surface area (TPSA) is 49.7 Å². The maximum atomic E-state index is 9.38. The van der Waals surface area contributed by atoms with Gasteiger partial charge < -0.3 is 14.9 Å². The molecule has 1 aromatic carbocycles. The molecule has 2 N–H and O–H groups in total. The Morgan fingerprint density at radius 2 is 1.87 bits per heavy atom. The van der Waals surface area contributed by atoms with Crippen LogP contribution in [0.15, 0.2) is 54.0 Å². The van der Waals surface area contributed by atoms with Gasteiger partial charge in [0.1, 0.15) is 6.10 Å². The Kier molecular flexibility index (Phi) is 2.74. The lowest BCUT2D eigenvalue weighted by molar-refractivity contribution is 0.0659. The third-order valence-electron chi connectivity index (χ3n) is 2.23. The molecule has 3 nitrogen and oxygen atoms in total. The van der Waals surface area contributed by atoms with Crippen LogP contribution in [0.2, 0.25) is 0 Å². The Labute approximate surface area is 87.9 Å². The molecule has 0 spiro atoms. The number of rotatable bonds is 3. The standard InChI is InChI=1S/C12H12O3/c13-10-6-7-11(12(10)14)15-8-9-4-2-1-3-5-9/h1-7,11,13-14H,8H2. The van der Waals surface area contributed by atoms with Gasteiger partial charge in [-0.15, -0.1) is 0 Å². The quantitative estimate of drug-likeness (QED) is 0.795. The minimum absolute atomic E-state index is 0.118. The van der Waals surface area contributed by atoms with Crippen LogP contribution >= 0.6 is 0 Å². The zero-order valence-electron chi connectivity index (χ0n) is 8.13. The monoisotopic (exact) mass is 204 g/mol. The number of allylic oxidation sites excluding steroid dienone is 1. The van der Waals surface area contributed by atoms with Gasteiger partial charge in [0, 0.05) is 0 Å². The van der Waals surface area contributed by atoms with Crippen LogP contribution in [0.1, 0.15) is 5.56 Å². The summed E-state index contributed by atoms with van der Waals surface area (Å²) in [5.41, 5.74) is 1.03. The Morgan fingerprint density at radius 1 is 1.13 bits per heavy atom. The number of aliphatic hydroxyl groups excluding tert-OH is 2. The van der Waals surface area contributed by atoms with Gasteiger partial charge in [0.15, 0.2) is 11.5 Å². The molecule has 0 aliphatic heterocycles. The van der Waals surface area contributed by atoms with Crippen molar-refractivity contribution in [2.75, 3.05) is 0 Å². The molecule has 0 radical (unpaired) electrons. The highest BCUT2D eigenvalue weighted by atomic mass is 16.5.